The molecule has 0 saturated heterocycles. The van der Waals surface area contributed by atoms with Gasteiger partial charge in [0.1, 0.15) is 0 Å². The van der Waals surface area contributed by atoms with Gasteiger partial charge < -0.3 is 28.9 Å². The van der Waals surface area contributed by atoms with Crippen molar-refractivity contribution >= 4 is 7.60 Å². The second kappa shape index (κ2) is 10.4. The van der Waals surface area contributed by atoms with Crippen molar-refractivity contribution in [2.45, 2.75) is 20.4 Å². The lowest BCUT2D eigenvalue weighted by Gasteiger charge is -2.17. The zero-order valence-electron chi connectivity index (χ0n) is 16.6. The van der Waals surface area contributed by atoms with Gasteiger partial charge in [0.05, 0.1) is 39.4 Å². The maximum absolute atomic E-state index is 12.5. The lowest BCUT2D eigenvalue weighted by Crippen LogP contribution is -2.17. The third-order valence-electron chi connectivity index (χ3n) is 3.89. The molecule has 154 valence electrons. The van der Waals surface area contributed by atoms with E-state index in [1.165, 1.54) is 14.2 Å². The summed E-state index contributed by atoms with van der Waals surface area (Å²) in [5.74, 6) is 0.539. The summed E-state index contributed by atoms with van der Waals surface area (Å²) in [7, 11) is -0.194. The van der Waals surface area contributed by atoms with Crippen LogP contribution in [0.4, 0.5) is 0 Å². The average molecular weight is 410 g/mol. The lowest BCUT2D eigenvalue weighted by atomic mass is 10.1. The molecule has 0 radical (unpaired) electrons. The maximum Gasteiger partial charge on any atom is 0.344 e. The Morgan fingerprint density at radius 3 is 2.21 bits per heavy atom. The Bertz CT molecular complexity index is 795. The molecule has 9 heteroatoms. The topological polar surface area (TPSA) is 99.1 Å². The highest BCUT2D eigenvalue weighted by molar-refractivity contribution is 7.53. The highest BCUT2D eigenvalue weighted by Gasteiger charge is 2.22. The van der Waals surface area contributed by atoms with E-state index in [4.69, 9.17) is 18.5 Å². The zero-order chi connectivity index (χ0) is 20.6. The maximum atomic E-state index is 12.5. The van der Waals surface area contributed by atoms with E-state index >= 15 is 0 Å². The number of hydrogen-bond donors (Lipinski definition) is 2. The Labute approximate surface area is 165 Å². The monoisotopic (exact) mass is 410 g/mol. The molecule has 0 bridgehead atoms. The van der Waals surface area contributed by atoms with E-state index in [1.54, 1.807) is 32.2 Å². The summed E-state index contributed by atoms with van der Waals surface area (Å²) in [5, 5.41) is 13.2. The number of nitrogens with zero attached hydrogens (tertiary/aromatic N) is 1. The molecule has 0 saturated carbocycles. The van der Waals surface area contributed by atoms with Crippen molar-refractivity contribution in [2.75, 3.05) is 33.7 Å². The van der Waals surface area contributed by atoms with Gasteiger partial charge in [0.25, 0.3) is 0 Å². The van der Waals surface area contributed by atoms with Crippen LogP contribution in [-0.4, -0.2) is 43.8 Å². The van der Waals surface area contributed by atoms with Crippen LogP contribution in [0.2, 0.25) is 0 Å². The molecule has 1 aromatic heterocycles. The first-order valence-corrected chi connectivity index (χ1v) is 10.7. The van der Waals surface area contributed by atoms with Crippen molar-refractivity contribution in [2.24, 2.45) is 0 Å². The lowest BCUT2D eigenvalue weighted by molar-refractivity contribution is 0.218. The summed E-state index contributed by atoms with van der Waals surface area (Å²) in [6.07, 6.45) is 1.80. The SMILES string of the molecule is CCOP(=O)(CNCc1ccnc(-c2cc(OC)c(O)c(OC)c2)c1)OCC. The molecular weight excluding hydrogens is 383 g/mol. The van der Waals surface area contributed by atoms with Gasteiger partial charge in [-0.3, -0.25) is 9.55 Å². The van der Waals surface area contributed by atoms with Crippen LogP contribution in [0.15, 0.2) is 30.5 Å². The molecule has 0 spiro atoms. The molecule has 0 fully saturated rings. The Morgan fingerprint density at radius 1 is 1.07 bits per heavy atom. The molecule has 1 heterocycles. The number of aromatic hydroxyl groups is 1. The predicted molar refractivity (Wildman–Crippen MR) is 107 cm³/mol. The van der Waals surface area contributed by atoms with Crippen LogP contribution in [0.3, 0.4) is 0 Å². The third-order valence-corrected chi connectivity index (χ3v) is 5.80. The highest BCUT2D eigenvalue weighted by atomic mass is 31.2. The van der Waals surface area contributed by atoms with Crippen molar-refractivity contribution in [1.82, 2.24) is 10.3 Å². The molecule has 0 aliphatic rings. The number of methoxy groups -OCH3 is 2. The molecule has 1 aromatic carbocycles. The standard InChI is InChI=1S/C19H27N2O6P/c1-5-26-28(23,27-6-2)13-20-12-14-7-8-21-16(9-14)15-10-17(24-3)19(22)18(11-15)25-4/h7-11,20,22H,5-6,12-13H2,1-4H3. The van der Waals surface area contributed by atoms with Crippen LogP contribution in [0, 0.1) is 0 Å². The van der Waals surface area contributed by atoms with E-state index in [0.29, 0.717) is 37.0 Å². The number of nitrogens with one attached hydrogen (secondary N) is 1. The Balaban J connectivity index is 2.15. The average Bonchev–Trinajstić information content (AvgIpc) is 2.68. The van der Waals surface area contributed by atoms with Gasteiger partial charge in [-0.25, -0.2) is 0 Å². The van der Waals surface area contributed by atoms with Gasteiger partial charge in [-0.05, 0) is 43.7 Å². The van der Waals surface area contributed by atoms with Crippen LogP contribution in [0.25, 0.3) is 11.3 Å². The fourth-order valence-electron chi connectivity index (χ4n) is 2.64. The summed E-state index contributed by atoms with van der Waals surface area (Å²) in [4.78, 5) is 4.38. The number of phenols is 1. The van der Waals surface area contributed by atoms with E-state index in [0.717, 1.165) is 11.1 Å². The van der Waals surface area contributed by atoms with Crippen molar-refractivity contribution in [3.8, 4) is 28.5 Å². The number of aromatic nitrogens is 1. The van der Waals surface area contributed by atoms with Gasteiger partial charge in [0.15, 0.2) is 11.5 Å². The van der Waals surface area contributed by atoms with Crippen LogP contribution in [0.5, 0.6) is 17.2 Å². The van der Waals surface area contributed by atoms with Gasteiger partial charge in [-0.2, -0.15) is 0 Å². The summed E-state index contributed by atoms with van der Waals surface area (Å²) in [6.45, 7) is 4.67. The quantitative estimate of drug-likeness (QED) is 0.540. The van der Waals surface area contributed by atoms with Crippen LogP contribution >= 0.6 is 7.60 Å². The van der Waals surface area contributed by atoms with Gasteiger partial charge in [-0.1, -0.05) is 0 Å². The normalized spacial score (nSPS) is 11.4. The molecule has 0 unspecified atom stereocenters. The van der Waals surface area contributed by atoms with Gasteiger partial charge in [0, 0.05) is 18.3 Å². The van der Waals surface area contributed by atoms with E-state index in [1.807, 2.05) is 12.1 Å². The molecular formula is C19H27N2O6P. The summed E-state index contributed by atoms with van der Waals surface area (Å²) >= 11 is 0. The molecule has 2 N–H and O–H groups in total. The van der Waals surface area contributed by atoms with E-state index in [-0.39, 0.29) is 12.0 Å². The Hall–Kier alpha value is -2.12. The molecule has 0 atom stereocenters. The summed E-state index contributed by atoms with van der Waals surface area (Å²) < 4.78 is 33.4. The molecule has 2 aromatic rings. The number of benzene rings is 1. The third kappa shape index (κ3) is 5.69. The van der Waals surface area contributed by atoms with Crippen LogP contribution in [0.1, 0.15) is 19.4 Å². The number of phenolic OH excluding ortho intramolecular Hbond substituents is 1. The van der Waals surface area contributed by atoms with Gasteiger partial charge >= 0.3 is 7.60 Å². The molecule has 0 aliphatic carbocycles. The number of ether oxygens (including phenoxy) is 2. The van der Waals surface area contributed by atoms with Crippen LogP contribution < -0.4 is 14.8 Å². The largest absolute Gasteiger partial charge is 0.502 e. The smallest absolute Gasteiger partial charge is 0.344 e. The van der Waals surface area contributed by atoms with E-state index in [2.05, 4.69) is 10.3 Å². The first kappa shape index (κ1) is 22.2. The Morgan fingerprint density at radius 2 is 1.68 bits per heavy atom. The van der Waals surface area contributed by atoms with Crippen molar-refractivity contribution < 1.29 is 28.2 Å². The van der Waals surface area contributed by atoms with Gasteiger partial charge in [-0.15, -0.1) is 0 Å². The molecule has 0 amide bonds. The number of pyridine rings is 1. The summed E-state index contributed by atoms with van der Waals surface area (Å²) in [6, 6.07) is 7.13. The van der Waals surface area contributed by atoms with E-state index in [9.17, 15) is 9.67 Å². The highest BCUT2D eigenvalue weighted by Crippen LogP contribution is 2.46. The fraction of sp³-hybridized carbons (Fsp3) is 0.421. The molecule has 2 rings (SSSR count). The minimum absolute atomic E-state index is 0.0610. The van der Waals surface area contributed by atoms with Crippen molar-refractivity contribution in [3.05, 3.63) is 36.0 Å². The van der Waals surface area contributed by atoms with Crippen LogP contribution in [-0.2, 0) is 20.2 Å². The molecule has 0 aliphatic heterocycles. The minimum Gasteiger partial charge on any atom is -0.502 e. The second-order valence-corrected chi connectivity index (χ2v) is 7.86. The first-order chi connectivity index (χ1) is 13.5. The van der Waals surface area contributed by atoms with E-state index < -0.39 is 7.60 Å². The summed E-state index contributed by atoms with van der Waals surface area (Å²) in [5.41, 5.74) is 2.37. The first-order valence-electron chi connectivity index (χ1n) is 8.95. The number of hydrogen-bond acceptors (Lipinski definition) is 8. The molecule has 8 nitrogen and oxygen atoms in total. The zero-order valence-corrected chi connectivity index (χ0v) is 17.5. The Kier molecular flexibility index (Phi) is 8.26. The minimum atomic E-state index is -3.14. The van der Waals surface area contributed by atoms with Crippen molar-refractivity contribution in [3.63, 3.8) is 0 Å². The fourth-order valence-corrected chi connectivity index (χ4v) is 4.07. The second-order valence-electron chi connectivity index (χ2n) is 5.81. The van der Waals surface area contributed by atoms with Gasteiger partial charge in [0.2, 0.25) is 5.75 Å². The van der Waals surface area contributed by atoms with Crippen molar-refractivity contribution in [1.29, 1.82) is 0 Å². The number of rotatable bonds is 11. The molecule has 28 heavy (non-hydrogen) atoms. The predicted octanol–water partition coefficient (Wildman–Crippen LogP) is 3.78.